The molecule has 0 bridgehead atoms. The molecule has 0 unspecified atom stereocenters. The largest absolute Gasteiger partial charge is 0.493 e. The van der Waals surface area contributed by atoms with Gasteiger partial charge in [0.25, 0.3) is 0 Å². The molecule has 6 nitrogen and oxygen atoms in total. The molecule has 0 atom stereocenters. The number of benzene rings is 1. The second-order valence-corrected chi connectivity index (χ2v) is 8.68. The molecule has 3 heterocycles. The number of rotatable bonds is 4. The maximum absolute atomic E-state index is 12.5. The Bertz CT molecular complexity index is 858. The molecule has 2 amide bonds. The molecule has 1 aromatic carbocycles. The van der Waals surface area contributed by atoms with Gasteiger partial charge in [0.15, 0.2) is 0 Å². The lowest BCUT2D eigenvalue weighted by Gasteiger charge is -2.39. The van der Waals surface area contributed by atoms with Gasteiger partial charge in [0.05, 0.1) is 18.5 Å². The zero-order valence-corrected chi connectivity index (χ0v) is 19.8. The van der Waals surface area contributed by atoms with Crippen LogP contribution in [0.4, 0.5) is 10.5 Å². The highest BCUT2D eigenvalue weighted by Gasteiger charge is 2.33. The molecule has 1 saturated heterocycles. The second kappa shape index (κ2) is 11.0. The first-order valence-corrected chi connectivity index (χ1v) is 10.4. The number of amides is 2. The lowest BCUT2D eigenvalue weighted by atomic mass is 9.81. The van der Waals surface area contributed by atoms with Gasteiger partial charge in [-0.3, -0.25) is 4.98 Å². The summed E-state index contributed by atoms with van der Waals surface area (Å²) in [5, 5.41) is 2.92. The molecule has 170 valence electrons. The number of nitrogens with zero attached hydrogens (tertiary/aromatic N) is 3. The third-order valence-electron chi connectivity index (χ3n) is 6.14. The van der Waals surface area contributed by atoms with E-state index in [9.17, 15) is 4.79 Å². The lowest BCUT2D eigenvalue weighted by Crippen LogP contribution is -2.45. The van der Waals surface area contributed by atoms with Crippen LogP contribution in [0.15, 0.2) is 42.7 Å². The average Bonchev–Trinajstić information content (AvgIpc) is 2.73. The van der Waals surface area contributed by atoms with Crippen molar-refractivity contribution < 1.29 is 9.53 Å². The number of nitrogens with one attached hydrogen (secondary N) is 1. The summed E-state index contributed by atoms with van der Waals surface area (Å²) in [7, 11) is 2.16. The van der Waals surface area contributed by atoms with Crippen LogP contribution in [0, 0.1) is 5.41 Å². The molecule has 31 heavy (non-hydrogen) atoms. The highest BCUT2D eigenvalue weighted by Crippen LogP contribution is 2.32. The SMILES string of the molecule is CN1CCc2ccc(OCC3(C)CCN(C(=O)Nc4cccnc4)CC3)cc2C1.Cl.Cl. The van der Waals surface area contributed by atoms with E-state index in [-0.39, 0.29) is 36.3 Å². The highest BCUT2D eigenvalue weighted by atomic mass is 35.5. The number of halogens is 2. The fourth-order valence-electron chi connectivity index (χ4n) is 4.06. The summed E-state index contributed by atoms with van der Waals surface area (Å²) in [6.45, 7) is 6.53. The first kappa shape index (κ1) is 25.2. The summed E-state index contributed by atoms with van der Waals surface area (Å²) in [6.07, 6.45) is 6.34. The van der Waals surface area contributed by atoms with Crippen molar-refractivity contribution in [3.63, 3.8) is 0 Å². The molecule has 0 radical (unpaired) electrons. The number of urea groups is 1. The maximum Gasteiger partial charge on any atom is 0.321 e. The number of carbonyl (C=O) groups is 1. The molecule has 1 aromatic heterocycles. The van der Waals surface area contributed by atoms with Crippen molar-refractivity contribution in [3.05, 3.63) is 53.9 Å². The minimum absolute atomic E-state index is 0. The van der Waals surface area contributed by atoms with Crippen molar-refractivity contribution >= 4 is 36.5 Å². The number of hydrogen-bond donors (Lipinski definition) is 1. The van der Waals surface area contributed by atoms with Crippen LogP contribution in [0.1, 0.15) is 30.9 Å². The van der Waals surface area contributed by atoms with Gasteiger partial charge < -0.3 is 19.9 Å². The molecule has 1 fully saturated rings. The Morgan fingerprint density at radius 2 is 1.94 bits per heavy atom. The van der Waals surface area contributed by atoms with Crippen LogP contribution in [-0.4, -0.2) is 54.1 Å². The third kappa shape index (κ3) is 6.48. The number of piperidine rings is 1. The topological polar surface area (TPSA) is 57.7 Å². The Morgan fingerprint density at radius 3 is 2.65 bits per heavy atom. The molecule has 1 N–H and O–H groups in total. The van der Waals surface area contributed by atoms with Crippen LogP contribution in [0.3, 0.4) is 0 Å². The average molecular weight is 467 g/mol. The van der Waals surface area contributed by atoms with Crippen LogP contribution >= 0.6 is 24.8 Å². The van der Waals surface area contributed by atoms with Crippen molar-refractivity contribution in [2.45, 2.75) is 32.7 Å². The number of fused-ring (bicyclic) bond motifs is 1. The van der Waals surface area contributed by atoms with Crippen molar-refractivity contribution in [3.8, 4) is 5.75 Å². The van der Waals surface area contributed by atoms with Crippen LogP contribution in [0.25, 0.3) is 0 Å². The van der Waals surface area contributed by atoms with Crippen molar-refractivity contribution in [2.75, 3.05) is 38.6 Å². The van der Waals surface area contributed by atoms with Crippen LogP contribution < -0.4 is 10.1 Å². The zero-order chi connectivity index (χ0) is 20.3. The molecular weight excluding hydrogens is 435 g/mol. The van der Waals surface area contributed by atoms with E-state index >= 15 is 0 Å². The van der Waals surface area contributed by atoms with E-state index in [1.165, 1.54) is 11.1 Å². The van der Waals surface area contributed by atoms with Gasteiger partial charge in [-0.2, -0.15) is 0 Å². The number of anilines is 1. The molecule has 2 aromatic rings. The lowest BCUT2D eigenvalue weighted by molar-refractivity contribution is 0.0839. The molecule has 2 aliphatic heterocycles. The van der Waals surface area contributed by atoms with E-state index in [4.69, 9.17) is 4.74 Å². The highest BCUT2D eigenvalue weighted by molar-refractivity contribution is 5.89. The Morgan fingerprint density at radius 1 is 1.16 bits per heavy atom. The Labute approximate surface area is 197 Å². The normalized spacial score (nSPS) is 17.5. The predicted molar refractivity (Wildman–Crippen MR) is 129 cm³/mol. The number of carbonyl (C=O) groups excluding carboxylic acids is 1. The Hall–Kier alpha value is -2.02. The van der Waals surface area contributed by atoms with E-state index in [1.807, 2.05) is 17.0 Å². The second-order valence-electron chi connectivity index (χ2n) is 8.68. The molecule has 0 aliphatic carbocycles. The molecular formula is C23H32Cl2N4O2. The van der Waals surface area contributed by atoms with Gasteiger partial charge in [0, 0.05) is 37.8 Å². The zero-order valence-electron chi connectivity index (χ0n) is 18.2. The predicted octanol–water partition coefficient (Wildman–Crippen LogP) is 4.63. The van der Waals surface area contributed by atoms with Crippen LogP contribution in [0.5, 0.6) is 5.75 Å². The van der Waals surface area contributed by atoms with Crippen molar-refractivity contribution in [1.82, 2.24) is 14.8 Å². The number of pyridine rings is 1. The van der Waals surface area contributed by atoms with Gasteiger partial charge in [0.2, 0.25) is 0 Å². The van der Waals surface area contributed by atoms with E-state index in [0.29, 0.717) is 6.61 Å². The van der Waals surface area contributed by atoms with Crippen LogP contribution in [0.2, 0.25) is 0 Å². The quantitative estimate of drug-likeness (QED) is 0.713. The van der Waals surface area contributed by atoms with Crippen molar-refractivity contribution in [2.24, 2.45) is 5.41 Å². The van der Waals surface area contributed by atoms with Gasteiger partial charge in [-0.15, -0.1) is 24.8 Å². The number of likely N-dealkylation sites (N-methyl/N-ethyl adjacent to an activating group) is 1. The van der Waals surface area contributed by atoms with Gasteiger partial charge in [-0.05, 0) is 61.7 Å². The third-order valence-corrected chi connectivity index (χ3v) is 6.14. The van der Waals surface area contributed by atoms with E-state index in [0.717, 1.165) is 56.9 Å². The first-order valence-electron chi connectivity index (χ1n) is 10.4. The van der Waals surface area contributed by atoms with E-state index in [2.05, 4.69) is 47.4 Å². The van der Waals surface area contributed by atoms with E-state index < -0.39 is 0 Å². The summed E-state index contributed by atoms with van der Waals surface area (Å²) < 4.78 is 6.20. The molecule has 4 rings (SSSR count). The maximum atomic E-state index is 12.5. The minimum atomic E-state index is -0.0558. The summed E-state index contributed by atoms with van der Waals surface area (Å²) in [6, 6.07) is 10.1. The molecule has 0 saturated carbocycles. The smallest absolute Gasteiger partial charge is 0.321 e. The van der Waals surface area contributed by atoms with Gasteiger partial charge >= 0.3 is 6.03 Å². The summed E-state index contributed by atoms with van der Waals surface area (Å²) in [5.41, 5.74) is 3.63. The monoisotopic (exact) mass is 466 g/mol. The van der Waals surface area contributed by atoms with Crippen LogP contribution in [-0.2, 0) is 13.0 Å². The summed E-state index contributed by atoms with van der Waals surface area (Å²) in [4.78, 5) is 20.7. The standard InChI is InChI=1S/C23H30N4O2.2ClH/c1-23(17-29-21-6-5-18-7-11-26(2)16-19(18)14-21)8-12-27(13-9-23)22(28)25-20-4-3-10-24-15-20;;/h3-6,10,14-15H,7-9,11-13,16-17H2,1-2H3,(H,25,28);2*1H. The first-order chi connectivity index (χ1) is 14.0. The fraction of sp³-hybridized carbons (Fsp3) is 0.478. The molecule has 2 aliphatic rings. The Balaban J connectivity index is 0.00000171. The number of ether oxygens (including phenoxy) is 1. The minimum Gasteiger partial charge on any atom is -0.493 e. The van der Waals surface area contributed by atoms with E-state index in [1.54, 1.807) is 12.4 Å². The molecule has 8 heteroatoms. The molecule has 0 spiro atoms. The number of hydrogen-bond acceptors (Lipinski definition) is 4. The van der Waals surface area contributed by atoms with Gasteiger partial charge in [-0.1, -0.05) is 13.0 Å². The summed E-state index contributed by atoms with van der Waals surface area (Å²) >= 11 is 0. The number of likely N-dealkylation sites (tertiary alicyclic amines) is 1. The van der Waals surface area contributed by atoms with Gasteiger partial charge in [0.1, 0.15) is 5.75 Å². The number of aromatic nitrogens is 1. The summed E-state index contributed by atoms with van der Waals surface area (Å²) in [5.74, 6) is 0.956. The van der Waals surface area contributed by atoms with Crippen molar-refractivity contribution in [1.29, 1.82) is 0 Å². The Kier molecular flexibility index (Phi) is 8.98. The fourth-order valence-corrected chi connectivity index (χ4v) is 4.06. The van der Waals surface area contributed by atoms with Gasteiger partial charge in [-0.25, -0.2) is 4.79 Å².